The molecular formula is C18H23NO2. The highest BCUT2D eigenvalue weighted by Crippen LogP contribution is 2.20. The number of rotatable bonds is 6. The van der Waals surface area contributed by atoms with Crippen LogP contribution in [0.1, 0.15) is 28.3 Å². The van der Waals surface area contributed by atoms with Crippen molar-refractivity contribution in [1.29, 1.82) is 0 Å². The van der Waals surface area contributed by atoms with Crippen molar-refractivity contribution in [1.82, 2.24) is 0 Å². The maximum atomic E-state index is 6.26. The fraction of sp³-hybridized carbons (Fsp3) is 0.333. The number of aryl methyl sites for hydroxylation is 2. The zero-order chi connectivity index (χ0) is 15.2. The number of ether oxygens (including phenoxy) is 2. The van der Waals surface area contributed by atoms with Gasteiger partial charge in [-0.1, -0.05) is 35.9 Å². The first-order valence-corrected chi connectivity index (χ1v) is 7.13. The highest BCUT2D eigenvalue weighted by Gasteiger charge is 2.10. The molecule has 21 heavy (non-hydrogen) atoms. The zero-order valence-corrected chi connectivity index (χ0v) is 12.9. The van der Waals surface area contributed by atoms with E-state index < -0.39 is 0 Å². The molecule has 0 amide bonds. The summed E-state index contributed by atoms with van der Waals surface area (Å²) in [5.74, 6) is 0.824. The fourth-order valence-corrected chi connectivity index (χ4v) is 2.33. The van der Waals surface area contributed by atoms with E-state index >= 15 is 0 Å². The fourth-order valence-electron chi connectivity index (χ4n) is 2.33. The molecule has 0 bridgehead atoms. The maximum Gasteiger partial charge on any atom is 0.119 e. The van der Waals surface area contributed by atoms with Crippen LogP contribution in [-0.4, -0.2) is 13.7 Å². The van der Waals surface area contributed by atoms with Crippen LogP contribution in [0.3, 0.4) is 0 Å². The molecule has 3 nitrogen and oxygen atoms in total. The Morgan fingerprint density at radius 1 is 1.10 bits per heavy atom. The lowest BCUT2D eigenvalue weighted by molar-refractivity contribution is 0.184. The quantitative estimate of drug-likeness (QED) is 0.883. The number of benzene rings is 2. The second-order valence-corrected chi connectivity index (χ2v) is 5.36. The highest BCUT2D eigenvalue weighted by atomic mass is 16.5. The van der Waals surface area contributed by atoms with Gasteiger partial charge in [-0.25, -0.2) is 0 Å². The van der Waals surface area contributed by atoms with Gasteiger partial charge in [0.25, 0.3) is 0 Å². The molecule has 0 heterocycles. The third-order valence-electron chi connectivity index (χ3n) is 3.47. The van der Waals surface area contributed by atoms with Crippen LogP contribution in [-0.2, 0) is 11.3 Å². The Labute approximate surface area is 126 Å². The molecule has 1 atom stereocenters. The minimum absolute atomic E-state index is 0.129. The van der Waals surface area contributed by atoms with E-state index in [1.54, 1.807) is 7.11 Å². The zero-order valence-electron chi connectivity index (χ0n) is 12.9. The Kier molecular flexibility index (Phi) is 5.37. The highest BCUT2D eigenvalue weighted by molar-refractivity contribution is 5.33. The van der Waals surface area contributed by atoms with Gasteiger partial charge < -0.3 is 15.2 Å². The summed E-state index contributed by atoms with van der Waals surface area (Å²) in [6, 6.07) is 14.1. The summed E-state index contributed by atoms with van der Waals surface area (Å²) in [7, 11) is 1.68. The second kappa shape index (κ2) is 7.25. The maximum absolute atomic E-state index is 6.26. The molecule has 2 aromatic carbocycles. The number of hydrogen-bond acceptors (Lipinski definition) is 3. The number of methoxy groups -OCH3 is 1. The minimum Gasteiger partial charge on any atom is -0.492 e. The lowest BCUT2D eigenvalue weighted by Crippen LogP contribution is -2.20. The standard InChI is InChI=1S/C18H23NO2/c1-13-7-8-14(2)17(9-13)18(19)12-21-16-6-4-5-15(10-16)11-20-3/h4-10,18H,11-12,19H2,1-3H3. The van der Waals surface area contributed by atoms with Crippen molar-refractivity contribution >= 4 is 0 Å². The monoisotopic (exact) mass is 285 g/mol. The van der Waals surface area contributed by atoms with Crippen molar-refractivity contribution in [3.05, 3.63) is 64.7 Å². The molecule has 0 aliphatic carbocycles. The summed E-state index contributed by atoms with van der Waals surface area (Å²) in [4.78, 5) is 0. The van der Waals surface area contributed by atoms with Gasteiger partial charge in [0.05, 0.1) is 12.6 Å². The van der Waals surface area contributed by atoms with Crippen molar-refractivity contribution in [3.63, 3.8) is 0 Å². The largest absolute Gasteiger partial charge is 0.492 e. The van der Waals surface area contributed by atoms with Gasteiger partial charge in [0, 0.05) is 7.11 Å². The van der Waals surface area contributed by atoms with Crippen LogP contribution in [0, 0.1) is 13.8 Å². The van der Waals surface area contributed by atoms with Gasteiger partial charge in [-0.15, -0.1) is 0 Å². The summed E-state index contributed by atoms with van der Waals surface area (Å²) >= 11 is 0. The summed E-state index contributed by atoms with van der Waals surface area (Å²) in [6.45, 7) is 5.19. The van der Waals surface area contributed by atoms with E-state index in [0.29, 0.717) is 13.2 Å². The van der Waals surface area contributed by atoms with E-state index in [1.807, 2.05) is 24.3 Å². The van der Waals surface area contributed by atoms with Gasteiger partial charge in [0.1, 0.15) is 12.4 Å². The molecule has 0 spiro atoms. The molecule has 2 N–H and O–H groups in total. The Bertz CT molecular complexity index is 596. The van der Waals surface area contributed by atoms with Gasteiger partial charge >= 0.3 is 0 Å². The van der Waals surface area contributed by atoms with Crippen LogP contribution in [0.25, 0.3) is 0 Å². The third kappa shape index (κ3) is 4.31. The number of hydrogen-bond donors (Lipinski definition) is 1. The number of nitrogens with two attached hydrogens (primary N) is 1. The van der Waals surface area contributed by atoms with Crippen molar-refractivity contribution < 1.29 is 9.47 Å². The van der Waals surface area contributed by atoms with Gasteiger partial charge in [-0.2, -0.15) is 0 Å². The lowest BCUT2D eigenvalue weighted by atomic mass is 10.00. The molecule has 2 rings (SSSR count). The molecule has 0 saturated carbocycles. The molecule has 0 aromatic heterocycles. The molecule has 0 aliphatic heterocycles. The van der Waals surface area contributed by atoms with Gasteiger partial charge in [0.2, 0.25) is 0 Å². The first-order chi connectivity index (χ1) is 10.1. The van der Waals surface area contributed by atoms with Crippen LogP contribution in [0.15, 0.2) is 42.5 Å². The minimum atomic E-state index is -0.129. The molecule has 1 unspecified atom stereocenters. The van der Waals surface area contributed by atoms with Crippen LogP contribution in [0.5, 0.6) is 5.75 Å². The van der Waals surface area contributed by atoms with Crippen molar-refractivity contribution in [2.75, 3.05) is 13.7 Å². The third-order valence-corrected chi connectivity index (χ3v) is 3.47. The van der Waals surface area contributed by atoms with Gasteiger partial charge in [-0.05, 0) is 42.7 Å². The predicted octanol–water partition coefficient (Wildman–Crippen LogP) is 3.53. The molecule has 112 valence electrons. The van der Waals surface area contributed by atoms with E-state index in [0.717, 1.165) is 16.9 Å². The first kappa shape index (κ1) is 15.5. The topological polar surface area (TPSA) is 44.5 Å². The Balaban J connectivity index is 2.02. The van der Waals surface area contributed by atoms with E-state index in [9.17, 15) is 0 Å². The molecular weight excluding hydrogens is 262 g/mol. The molecule has 0 saturated heterocycles. The average Bonchev–Trinajstić information content (AvgIpc) is 2.48. The van der Waals surface area contributed by atoms with E-state index in [2.05, 4.69) is 32.0 Å². The van der Waals surface area contributed by atoms with Crippen LogP contribution < -0.4 is 10.5 Å². The molecule has 0 aliphatic rings. The smallest absolute Gasteiger partial charge is 0.119 e. The summed E-state index contributed by atoms with van der Waals surface area (Å²) in [5.41, 5.74) is 10.9. The normalized spacial score (nSPS) is 12.2. The van der Waals surface area contributed by atoms with Crippen molar-refractivity contribution in [2.45, 2.75) is 26.5 Å². The lowest BCUT2D eigenvalue weighted by Gasteiger charge is -2.17. The van der Waals surface area contributed by atoms with Gasteiger partial charge in [-0.3, -0.25) is 0 Å². The van der Waals surface area contributed by atoms with Crippen LogP contribution in [0.2, 0.25) is 0 Å². The molecule has 3 heteroatoms. The van der Waals surface area contributed by atoms with Crippen LogP contribution in [0.4, 0.5) is 0 Å². The Morgan fingerprint density at radius 3 is 2.67 bits per heavy atom. The average molecular weight is 285 g/mol. The SMILES string of the molecule is COCc1cccc(OCC(N)c2cc(C)ccc2C)c1. The summed E-state index contributed by atoms with van der Waals surface area (Å²) in [6.07, 6.45) is 0. The van der Waals surface area contributed by atoms with E-state index in [1.165, 1.54) is 11.1 Å². The van der Waals surface area contributed by atoms with Crippen molar-refractivity contribution in [3.8, 4) is 5.75 Å². The molecule has 0 fully saturated rings. The van der Waals surface area contributed by atoms with Crippen molar-refractivity contribution in [2.24, 2.45) is 5.73 Å². The molecule has 0 radical (unpaired) electrons. The summed E-state index contributed by atoms with van der Waals surface area (Å²) < 4.78 is 10.9. The predicted molar refractivity (Wildman–Crippen MR) is 85.5 cm³/mol. The van der Waals surface area contributed by atoms with Gasteiger partial charge in [0.15, 0.2) is 0 Å². The van der Waals surface area contributed by atoms with E-state index in [4.69, 9.17) is 15.2 Å². The Morgan fingerprint density at radius 2 is 1.90 bits per heavy atom. The van der Waals surface area contributed by atoms with E-state index in [-0.39, 0.29) is 6.04 Å². The van der Waals surface area contributed by atoms with Crippen LogP contribution >= 0.6 is 0 Å². The molecule has 2 aromatic rings. The second-order valence-electron chi connectivity index (χ2n) is 5.36. The summed E-state index contributed by atoms with van der Waals surface area (Å²) in [5, 5.41) is 0. The Hall–Kier alpha value is -1.84. The first-order valence-electron chi connectivity index (χ1n) is 7.13.